The monoisotopic (exact) mass is 588 g/mol. The van der Waals surface area contributed by atoms with Gasteiger partial charge in [0.25, 0.3) is 0 Å². The predicted molar refractivity (Wildman–Crippen MR) is 153 cm³/mol. The van der Waals surface area contributed by atoms with Crippen LogP contribution in [0.1, 0.15) is 31.0 Å². The first-order valence-electron chi connectivity index (χ1n) is 12.6. The molecule has 12 nitrogen and oxygen atoms in total. The van der Waals surface area contributed by atoms with Gasteiger partial charge >= 0.3 is 12.0 Å². The molecule has 2 amide bonds. The number of halogens is 1. The highest BCUT2D eigenvalue weighted by Crippen LogP contribution is 2.36. The normalized spacial score (nSPS) is 15.5. The fourth-order valence-corrected chi connectivity index (χ4v) is 4.19. The molecule has 0 saturated carbocycles. The molecule has 2 aromatic carbocycles. The molecule has 0 spiro atoms. The van der Waals surface area contributed by atoms with Gasteiger partial charge in [-0.25, -0.2) is 9.59 Å². The topological polar surface area (TPSA) is 149 Å². The molecule has 0 unspecified atom stereocenters. The molecule has 3 rings (SSSR count). The Labute approximate surface area is 242 Å². The molecule has 2 aromatic rings. The fraction of sp³-hybridized carbons (Fsp3) is 0.321. The van der Waals surface area contributed by atoms with Gasteiger partial charge in [0.1, 0.15) is 13.2 Å². The first kappa shape index (κ1) is 31.1. The molecule has 0 saturated heterocycles. The molecule has 13 heteroatoms. The van der Waals surface area contributed by atoms with Gasteiger partial charge in [-0.3, -0.25) is 5.43 Å². The summed E-state index contributed by atoms with van der Waals surface area (Å²) in [7, 11) is 2.76. The van der Waals surface area contributed by atoms with Crippen molar-refractivity contribution in [2.45, 2.75) is 26.1 Å². The summed E-state index contributed by atoms with van der Waals surface area (Å²) in [6.07, 6.45) is 1.88. The Bertz CT molecular complexity index is 1330. The summed E-state index contributed by atoms with van der Waals surface area (Å²) in [6.45, 7) is 7.45. The van der Waals surface area contributed by atoms with Crippen molar-refractivity contribution in [3.8, 4) is 23.0 Å². The van der Waals surface area contributed by atoms with E-state index in [1.807, 2.05) is 0 Å². The zero-order valence-electron chi connectivity index (χ0n) is 23.2. The molecule has 220 valence electrons. The number of aliphatic hydroxyl groups is 1. The van der Waals surface area contributed by atoms with Crippen molar-refractivity contribution in [3.63, 3.8) is 0 Å². The third-order valence-electron chi connectivity index (χ3n) is 5.71. The molecule has 0 aliphatic carbocycles. The number of nitrogens with zero attached hydrogens (tertiary/aromatic N) is 1. The van der Waals surface area contributed by atoms with Crippen LogP contribution in [0.15, 0.2) is 59.4 Å². The van der Waals surface area contributed by atoms with Crippen molar-refractivity contribution in [3.05, 3.63) is 70.4 Å². The average Bonchev–Trinajstić information content (AvgIpc) is 2.95. The van der Waals surface area contributed by atoms with Gasteiger partial charge in [0.05, 0.1) is 43.7 Å². The maximum atomic E-state index is 12.4. The summed E-state index contributed by atoms with van der Waals surface area (Å²) in [4.78, 5) is 24.5. The third-order valence-corrected chi connectivity index (χ3v) is 5.99. The number of rotatable bonds is 14. The number of aliphatic hydroxyl groups excluding tert-OH is 1. The van der Waals surface area contributed by atoms with Crippen molar-refractivity contribution < 1.29 is 38.4 Å². The number of allylic oxidation sites excluding steroid dienone is 1. The Morgan fingerprint density at radius 1 is 1.20 bits per heavy atom. The minimum Gasteiger partial charge on any atom is -0.493 e. The minimum atomic E-state index is -1.17. The van der Waals surface area contributed by atoms with E-state index < -0.39 is 24.3 Å². The molecule has 41 heavy (non-hydrogen) atoms. The molecule has 0 aromatic heterocycles. The van der Waals surface area contributed by atoms with Crippen molar-refractivity contribution >= 4 is 29.8 Å². The van der Waals surface area contributed by atoms with E-state index in [0.29, 0.717) is 51.5 Å². The van der Waals surface area contributed by atoms with Crippen LogP contribution in [0, 0.1) is 0 Å². The number of carbonyl (C=O) groups excluding carboxylic acids is 2. The molecule has 1 aliphatic rings. The average molecular weight is 589 g/mol. The number of urea groups is 1. The highest BCUT2D eigenvalue weighted by Gasteiger charge is 2.32. The van der Waals surface area contributed by atoms with Crippen LogP contribution >= 0.6 is 11.6 Å². The first-order chi connectivity index (χ1) is 19.7. The Morgan fingerprint density at radius 2 is 1.98 bits per heavy atom. The lowest BCUT2D eigenvalue weighted by atomic mass is 9.95. The Kier molecular flexibility index (Phi) is 11.2. The second kappa shape index (κ2) is 14.8. The Hall–Kier alpha value is -4.42. The second-order valence-electron chi connectivity index (χ2n) is 8.55. The number of hydrazone groups is 1. The van der Waals surface area contributed by atoms with Crippen molar-refractivity contribution in [2.75, 3.05) is 34.0 Å². The number of esters is 1. The number of nitrogens with one attached hydrogen (secondary N) is 3. The highest BCUT2D eigenvalue weighted by molar-refractivity contribution is 6.32. The van der Waals surface area contributed by atoms with E-state index in [2.05, 4.69) is 27.7 Å². The number of hydrogen-bond acceptors (Lipinski definition) is 10. The van der Waals surface area contributed by atoms with E-state index in [-0.39, 0.29) is 18.8 Å². The van der Waals surface area contributed by atoms with Gasteiger partial charge in [-0.05, 0) is 49.2 Å². The van der Waals surface area contributed by atoms with Gasteiger partial charge in [-0.2, -0.15) is 5.10 Å². The largest absolute Gasteiger partial charge is 0.493 e. The minimum absolute atomic E-state index is 0.175. The lowest BCUT2D eigenvalue weighted by Crippen LogP contribution is -2.45. The summed E-state index contributed by atoms with van der Waals surface area (Å²) < 4.78 is 27.3. The molecule has 1 heterocycles. The van der Waals surface area contributed by atoms with Crippen molar-refractivity contribution in [1.29, 1.82) is 0 Å². The molecule has 0 radical (unpaired) electrons. The fourth-order valence-electron chi connectivity index (χ4n) is 3.92. The summed E-state index contributed by atoms with van der Waals surface area (Å²) in [5.74, 6) is 0.929. The first-order valence-corrected chi connectivity index (χ1v) is 12.9. The third kappa shape index (κ3) is 8.05. The zero-order valence-corrected chi connectivity index (χ0v) is 23.9. The molecular weight excluding hydrogens is 556 g/mol. The van der Waals surface area contributed by atoms with Gasteiger partial charge < -0.3 is 39.4 Å². The molecule has 2 atom stereocenters. The molecule has 0 bridgehead atoms. The van der Waals surface area contributed by atoms with Gasteiger partial charge in [-0.15, -0.1) is 0 Å². The molecule has 0 fully saturated rings. The number of hydrogen-bond donors (Lipinski definition) is 4. The smallest absolute Gasteiger partial charge is 0.337 e. The summed E-state index contributed by atoms with van der Waals surface area (Å²) in [6, 6.07) is 7.07. The quantitative estimate of drug-likeness (QED) is 0.0856. The van der Waals surface area contributed by atoms with E-state index in [1.54, 1.807) is 50.3 Å². The molecule has 1 aliphatic heterocycles. The van der Waals surface area contributed by atoms with Crippen LogP contribution in [0.5, 0.6) is 23.0 Å². The highest BCUT2D eigenvalue weighted by atomic mass is 35.5. The summed E-state index contributed by atoms with van der Waals surface area (Å²) in [5.41, 5.74) is 4.41. The van der Waals surface area contributed by atoms with Gasteiger partial charge in [-0.1, -0.05) is 30.3 Å². The Balaban J connectivity index is 1.69. The van der Waals surface area contributed by atoms with Crippen molar-refractivity contribution in [1.82, 2.24) is 16.1 Å². The van der Waals surface area contributed by atoms with Crippen LogP contribution in [0.25, 0.3) is 0 Å². The number of amides is 2. The van der Waals surface area contributed by atoms with Gasteiger partial charge in [0.15, 0.2) is 29.2 Å². The number of methoxy groups -OCH3 is 2. The maximum absolute atomic E-state index is 12.4. The number of ether oxygens (including phenoxy) is 5. The number of carbonyl (C=O) groups is 2. The van der Waals surface area contributed by atoms with Crippen LogP contribution in [-0.2, 0) is 9.53 Å². The van der Waals surface area contributed by atoms with Crippen LogP contribution in [-0.4, -0.2) is 63.6 Å². The van der Waals surface area contributed by atoms with E-state index in [1.165, 1.54) is 20.4 Å². The summed E-state index contributed by atoms with van der Waals surface area (Å²) in [5, 5.41) is 20.0. The lowest BCUT2D eigenvalue weighted by Gasteiger charge is -2.28. The van der Waals surface area contributed by atoms with Gasteiger partial charge in [0.2, 0.25) is 0 Å². The van der Waals surface area contributed by atoms with Crippen molar-refractivity contribution in [2.24, 2.45) is 5.10 Å². The summed E-state index contributed by atoms with van der Waals surface area (Å²) >= 11 is 6.30. The zero-order chi connectivity index (χ0) is 29.9. The van der Waals surface area contributed by atoms with E-state index in [0.717, 1.165) is 0 Å². The van der Waals surface area contributed by atoms with Crippen LogP contribution in [0.4, 0.5) is 4.79 Å². The van der Waals surface area contributed by atoms with Gasteiger partial charge in [0, 0.05) is 5.70 Å². The van der Waals surface area contributed by atoms with E-state index >= 15 is 0 Å². The predicted octanol–water partition coefficient (Wildman–Crippen LogP) is 3.43. The molecule has 4 N–H and O–H groups in total. The molecular formula is C28H33ClN4O8. The Morgan fingerprint density at radius 3 is 2.66 bits per heavy atom. The van der Waals surface area contributed by atoms with E-state index in [4.69, 9.17) is 35.3 Å². The maximum Gasteiger partial charge on any atom is 0.337 e. The van der Waals surface area contributed by atoms with Crippen LogP contribution in [0.2, 0.25) is 5.02 Å². The number of benzene rings is 2. The standard InChI is InChI=1S/C28H33ClN4O8/c1-6-10-40-26-19(29)11-17(12-22(26)37-4)14-30-33-23(34)15-41-20-9-8-18(13-21(20)39-7-2)25-24(27(35)38-5)16(3)31-28(36)32-25/h6,8-9,11-14,23,25,33-34H,1,7,10,15H2,2-5H3,(H2,31,32,36)/b30-14-/t23-,25-/m1/s1. The van der Waals surface area contributed by atoms with Crippen LogP contribution < -0.4 is 35.0 Å². The lowest BCUT2D eigenvalue weighted by molar-refractivity contribution is -0.136. The van der Waals surface area contributed by atoms with Crippen LogP contribution in [0.3, 0.4) is 0 Å². The second-order valence-corrected chi connectivity index (χ2v) is 8.96. The van der Waals surface area contributed by atoms with E-state index in [9.17, 15) is 14.7 Å². The SMILES string of the molecule is C=CCOc1c(Cl)cc(/C=N\N[C@H](O)COc2ccc([C@H]3NC(=O)NC(C)=C3C(=O)OC)cc2OCC)cc1OC.